The second kappa shape index (κ2) is 10.2. The van der Waals surface area contributed by atoms with Gasteiger partial charge in [0.2, 0.25) is 5.91 Å². The lowest BCUT2D eigenvalue weighted by molar-refractivity contribution is -0.116. The Bertz CT molecular complexity index is 737. The highest BCUT2D eigenvalue weighted by Crippen LogP contribution is 2.17. The van der Waals surface area contributed by atoms with Gasteiger partial charge in [-0.15, -0.1) is 12.4 Å². The lowest BCUT2D eigenvalue weighted by Gasteiger charge is -2.22. The van der Waals surface area contributed by atoms with Crippen molar-refractivity contribution in [2.45, 2.75) is 12.5 Å². The molecule has 5 nitrogen and oxygen atoms in total. The number of anilines is 2. The van der Waals surface area contributed by atoms with Gasteiger partial charge in [-0.05, 0) is 30.3 Å². The number of carbonyl (C=O) groups is 2. The molecule has 2 aromatic rings. The maximum absolute atomic E-state index is 12.2. The zero-order valence-corrected chi connectivity index (χ0v) is 15.9. The molecular formula is C19H22ClN3O2S. The molecule has 3 rings (SSSR count). The summed E-state index contributed by atoms with van der Waals surface area (Å²) < 4.78 is 0. The topological polar surface area (TPSA) is 70.2 Å². The van der Waals surface area contributed by atoms with Crippen molar-refractivity contribution < 1.29 is 9.59 Å². The van der Waals surface area contributed by atoms with Crippen LogP contribution < -0.4 is 16.0 Å². The van der Waals surface area contributed by atoms with E-state index in [4.69, 9.17) is 0 Å². The van der Waals surface area contributed by atoms with Crippen molar-refractivity contribution in [3.8, 4) is 0 Å². The van der Waals surface area contributed by atoms with Gasteiger partial charge in [-0.3, -0.25) is 9.59 Å². The van der Waals surface area contributed by atoms with Gasteiger partial charge >= 0.3 is 0 Å². The van der Waals surface area contributed by atoms with Crippen LogP contribution in [0.4, 0.5) is 11.4 Å². The van der Waals surface area contributed by atoms with E-state index in [2.05, 4.69) is 16.0 Å². The van der Waals surface area contributed by atoms with Crippen LogP contribution in [0.25, 0.3) is 0 Å². The van der Waals surface area contributed by atoms with Crippen LogP contribution in [0, 0.1) is 0 Å². The van der Waals surface area contributed by atoms with Crippen molar-refractivity contribution in [1.29, 1.82) is 0 Å². The van der Waals surface area contributed by atoms with E-state index in [-0.39, 0.29) is 30.3 Å². The molecule has 0 radical (unpaired) electrons. The predicted octanol–water partition coefficient (Wildman–Crippen LogP) is 3.39. The number of amides is 2. The number of thioether (sulfide) groups is 1. The highest BCUT2D eigenvalue weighted by atomic mass is 35.5. The van der Waals surface area contributed by atoms with Crippen molar-refractivity contribution in [2.75, 3.05) is 28.7 Å². The maximum atomic E-state index is 12.2. The maximum Gasteiger partial charge on any atom is 0.255 e. The number of rotatable bonds is 5. The summed E-state index contributed by atoms with van der Waals surface area (Å²) in [7, 11) is 0. The lowest BCUT2D eigenvalue weighted by atomic mass is 10.2. The Balaban J connectivity index is 0.00000243. The molecular weight excluding hydrogens is 370 g/mol. The van der Waals surface area contributed by atoms with E-state index in [1.807, 2.05) is 42.1 Å². The van der Waals surface area contributed by atoms with E-state index in [0.29, 0.717) is 23.4 Å². The van der Waals surface area contributed by atoms with Gasteiger partial charge in [0.15, 0.2) is 0 Å². The molecule has 1 unspecified atom stereocenters. The van der Waals surface area contributed by atoms with Gasteiger partial charge in [0.25, 0.3) is 5.91 Å². The third-order valence-corrected chi connectivity index (χ3v) is 5.00. The molecule has 0 saturated carbocycles. The molecule has 7 heteroatoms. The number of hydrogen-bond donors (Lipinski definition) is 3. The minimum Gasteiger partial charge on any atom is -0.326 e. The summed E-state index contributed by atoms with van der Waals surface area (Å²) in [5.41, 5.74) is 1.93. The zero-order chi connectivity index (χ0) is 17.5. The smallest absolute Gasteiger partial charge is 0.255 e. The normalized spacial score (nSPS) is 16.2. The Labute approximate surface area is 163 Å². The number of nitrogens with one attached hydrogen (secondary N) is 3. The average Bonchev–Trinajstić information content (AvgIpc) is 2.63. The van der Waals surface area contributed by atoms with Gasteiger partial charge in [0, 0.05) is 47.5 Å². The monoisotopic (exact) mass is 391 g/mol. The summed E-state index contributed by atoms with van der Waals surface area (Å²) >= 11 is 1.87. The molecule has 0 bridgehead atoms. The molecule has 2 aromatic carbocycles. The zero-order valence-electron chi connectivity index (χ0n) is 14.2. The first-order chi connectivity index (χ1) is 12.2. The standard InChI is InChI=1S/C19H21N3O2S.ClH/c23-18(12-17-13-25-10-9-20-17)21-15-7-4-8-16(11-15)22-19(24)14-5-2-1-3-6-14;/h1-8,11,17,20H,9-10,12-13H2,(H,21,23)(H,22,24);1H. The molecule has 0 aliphatic carbocycles. The van der Waals surface area contributed by atoms with Crippen molar-refractivity contribution in [2.24, 2.45) is 0 Å². The Morgan fingerprint density at radius 2 is 1.77 bits per heavy atom. The van der Waals surface area contributed by atoms with Crippen LogP contribution in [0.3, 0.4) is 0 Å². The first kappa shape index (κ1) is 20.3. The third kappa shape index (κ3) is 6.05. The Kier molecular flexibility index (Phi) is 7.97. The predicted molar refractivity (Wildman–Crippen MR) is 110 cm³/mol. The fourth-order valence-electron chi connectivity index (χ4n) is 2.65. The van der Waals surface area contributed by atoms with Crippen LogP contribution in [-0.2, 0) is 4.79 Å². The molecule has 1 aliphatic heterocycles. The number of benzene rings is 2. The van der Waals surface area contributed by atoms with E-state index in [1.165, 1.54) is 0 Å². The molecule has 3 N–H and O–H groups in total. The molecule has 138 valence electrons. The van der Waals surface area contributed by atoms with E-state index in [1.54, 1.807) is 24.3 Å². The Morgan fingerprint density at radius 1 is 1.04 bits per heavy atom. The molecule has 1 atom stereocenters. The second-order valence-electron chi connectivity index (χ2n) is 5.88. The Hall–Kier alpha value is -2.02. The summed E-state index contributed by atoms with van der Waals surface area (Å²) in [6, 6.07) is 16.5. The molecule has 2 amide bonds. The highest BCUT2D eigenvalue weighted by Gasteiger charge is 2.16. The molecule has 1 heterocycles. The molecule has 1 fully saturated rings. The van der Waals surface area contributed by atoms with E-state index < -0.39 is 0 Å². The molecule has 0 spiro atoms. The first-order valence-electron chi connectivity index (χ1n) is 8.28. The van der Waals surface area contributed by atoms with Gasteiger partial charge < -0.3 is 16.0 Å². The molecule has 1 saturated heterocycles. The summed E-state index contributed by atoms with van der Waals surface area (Å²) in [6.07, 6.45) is 0.452. The van der Waals surface area contributed by atoms with Gasteiger partial charge in [-0.2, -0.15) is 11.8 Å². The highest BCUT2D eigenvalue weighted by molar-refractivity contribution is 7.99. The number of halogens is 1. The molecule has 1 aliphatic rings. The van der Waals surface area contributed by atoms with Gasteiger partial charge in [-0.25, -0.2) is 0 Å². The lowest BCUT2D eigenvalue weighted by Crippen LogP contribution is -2.39. The van der Waals surface area contributed by atoms with Crippen LogP contribution in [-0.4, -0.2) is 35.9 Å². The SMILES string of the molecule is Cl.O=C(CC1CSCCN1)Nc1cccc(NC(=O)c2ccccc2)c1. The van der Waals surface area contributed by atoms with E-state index in [0.717, 1.165) is 18.1 Å². The van der Waals surface area contributed by atoms with E-state index in [9.17, 15) is 9.59 Å². The quantitative estimate of drug-likeness (QED) is 0.730. The summed E-state index contributed by atoms with van der Waals surface area (Å²) in [5.74, 6) is 1.86. The fourth-order valence-corrected chi connectivity index (χ4v) is 3.60. The van der Waals surface area contributed by atoms with Gasteiger partial charge in [0.05, 0.1) is 0 Å². The average molecular weight is 392 g/mol. The third-order valence-electron chi connectivity index (χ3n) is 3.87. The van der Waals surface area contributed by atoms with Crippen LogP contribution in [0.5, 0.6) is 0 Å². The Morgan fingerprint density at radius 3 is 2.46 bits per heavy atom. The second-order valence-corrected chi connectivity index (χ2v) is 7.03. The van der Waals surface area contributed by atoms with Crippen molar-refractivity contribution in [1.82, 2.24) is 5.32 Å². The first-order valence-corrected chi connectivity index (χ1v) is 9.43. The molecule has 0 aromatic heterocycles. The van der Waals surface area contributed by atoms with Crippen LogP contribution >= 0.6 is 24.2 Å². The van der Waals surface area contributed by atoms with Gasteiger partial charge in [-0.1, -0.05) is 24.3 Å². The minimum atomic E-state index is -0.174. The van der Waals surface area contributed by atoms with Crippen molar-refractivity contribution in [3.63, 3.8) is 0 Å². The molecule has 26 heavy (non-hydrogen) atoms. The number of hydrogen-bond acceptors (Lipinski definition) is 4. The van der Waals surface area contributed by atoms with Crippen molar-refractivity contribution in [3.05, 3.63) is 60.2 Å². The number of carbonyl (C=O) groups excluding carboxylic acids is 2. The van der Waals surface area contributed by atoms with Gasteiger partial charge in [0.1, 0.15) is 0 Å². The summed E-state index contributed by atoms with van der Waals surface area (Å²) in [5, 5.41) is 9.10. The van der Waals surface area contributed by atoms with Crippen molar-refractivity contribution >= 4 is 47.4 Å². The van der Waals surface area contributed by atoms with E-state index >= 15 is 0 Å². The van der Waals surface area contributed by atoms with Crippen LogP contribution in [0.1, 0.15) is 16.8 Å². The van der Waals surface area contributed by atoms with Crippen LogP contribution in [0.15, 0.2) is 54.6 Å². The minimum absolute atomic E-state index is 0. The fraction of sp³-hybridized carbons (Fsp3) is 0.263. The summed E-state index contributed by atoms with van der Waals surface area (Å²) in [6.45, 7) is 0.948. The largest absolute Gasteiger partial charge is 0.326 e. The van der Waals surface area contributed by atoms with Crippen LogP contribution in [0.2, 0.25) is 0 Å². The summed E-state index contributed by atoms with van der Waals surface area (Å²) in [4.78, 5) is 24.4.